The highest BCUT2D eigenvalue weighted by molar-refractivity contribution is 6.15. The smallest absolute Gasteiger partial charge is 0.135 e. The molecular formula is C40H19N5O. The van der Waals surface area contributed by atoms with E-state index in [1.54, 1.807) is 36.4 Å². The molecule has 0 atom stereocenters. The van der Waals surface area contributed by atoms with E-state index in [4.69, 9.17) is 4.42 Å². The third-order valence-corrected chi connectivity index (χ3v) is 8.58. The molecule has 0 aliphatic heterocycles. The Balaban J connectivity index is 1.55. The van der Waals surface area contributed by atoms with E-state index >= 15 is 0 Å². The molecule has 0 saturated carbocycles. The molecule has 6 nitrogen and oxygen atoms in total. The number of nitriles is 4. The fourth-order valence-corrected chi connectivity index (χ4v) is 6.62. The van der Waals surface area contributed by atoms with Crippen LogP contribution in [0.15, 0.2) is 120 Å². The predicted molar refractivity (Wildman–Crippen MR) is 178 cm³/mol. The van der Waals surface area contributed by atoms with Gasteiger partial charge >= 0.3 is 0 Å². The van der Waals surface area contributed by atoms with E-state index in [1.165, 1.54) is 0 Å². The maximum Gasteiger partial charge on any atom is 0.135 e. The number of fused-ring (bicyclic) bond motifs is 6. The summed E-state index contributed by atoms with van der Waals surface area (Å²) in [5.41, 5.74) is 8.33. The van der Waals surface area contributed by atoms with Crippen molar-refractivity contribution in [2.24, 2.45) is 0 Å². The topological polar surface area (TPSA) is 113 Å². The lowest BCUT2D eigenvalue weighted by molar-refractivity contribution is 0.669. The van der Waals surface area contributed by atoms with Crippen LogP contribution in [0.1, 0.15) is 22.3 Å². The van der Waals surface area contributed by atoms with Gasteiger partial charge in [-0.25, -0.2) is 0 Å². The summed E-state index contributed by atoms with van der Waals surface area (Å²) >= 11 is 0. The Morgan fingerprint density at radius 3 is 1.78 bits per heavy atom. The van der Waals surface area contributed by atoms with Gasteiger partial charge in [0, 0.05) is 43.9 Å². The average Bonchev–Trinajstić information content (AvgIpc) is 3.65. The predicted octanol–water partition coefficient (Wildman–Crippen LogP) is 9.50. The number of nitrogens with zero attached hydrogens (tertiary/aromatic N) is 5. The average molecular weight is 586 g/mol. The second kappa shape index (κ2) is 10.3. The van der Waals surface area contributed by atoms with Gasteiger partial charge in [0.25, 0.3) is 0 Å². The summed E-state index contributed by atoms with van der Waals surface area (Å²) in [6, 6.07) is 45.2. The summed E-state index contributed by atoms with van der Waals surface area (Å²) in [5.74, 6) is 0. The molecule has 2 aromatic heterocycles. The Kier molecular flexibility index (Phi) is 5.91. The largest absolute Gasteiger partial charge is 0.456 e. The van der Waals surface area contributed by atoms with Crippen LogP contribution >= 0.6 is 0 Å². The monoisotopic (exact) mass is 585 g/mol. The number of hydrogen-bond donors (Lipinski definition) is 0. The first kappa shape index (κ1) is 26.5. The highest BCUT2D eigenvalue weighted by Gasteiger charge is 2.22. The zero-order valence-electron chi connectivity index (χ0n) is 24.1. The molecule has 46 heavy (non-hydrogen) atoms. The molecule has 0 unspecified atom stereocenters. The number of rotatable bonds is 3. The summed E-state index contributed by atoms with van der Waals surface area (Å²) in [4.78, 5) is 0. The molecule has 8 aromatic rings. The van der Waals surface area contributed by atoms with Gasteiger partial charge in [0.2, 0.25) is 0 Å². The number of hydrogen-bond acceptors (Lipinski definition) is 5. The van der Waals surface area contributed by atoms with Crippen LogP contribution in [0, 0.1) is 45.3 Å². The Bertz CT molecular complexity index is 2690. The van der Waals surface area contributed by atoms with Gasteiger partial charge in [0.1, 0.15) is 11.2 Å². The van der Waals surface area contributed by atoms with Crippen molar-refractivity contribution >= 4 is 43.7 Å². The van der Waals surface area contributed by atoms with E-state index in [1.807, 2.05) is 72.8 Å². The van der Waals surface area contributed by atoms with Gasteiger partial charge in [-0.2, -0.15) is 21.0 Å². The van der Waals surface area contributed by atoms with Crippen LogP contribution in [0.5, 0.6) is 0 Å². The van der Waals surface area contributed by atoms with Crippen LogP contribution in [0.2, 0.25) is 0 Å². The summed E-state index contributed by atoms with van der Waals surface area (Å²) in [5, 5.41) is 44.0. The SMILES string of the molecule is N#Cc1cccc(C#N)c1-c1ccc2c3cccc(-c4c(C#N)cccc4C#N)c3n(-c3ccc4oc5ccccc5c4c3)c2c1. The number of benzene rings is 6. The molecule has 6 heteroatoms. The quantitative estimate of drug-likeness (QED) is 0.205. The van der Waals surface area contributed by atoms with Gasteiger partial charge in [-0.1, -0.05) is 60.7 Å². The van der Waals surface area contributed by atoms with Crippen LogP contribution in [-0.4, -0.2) is 4.57 Å². The third kappa shape index (κ3) is 3.79. The summed E-state index contributed by atoms with van der Waals surface area (Å²) in [6.07, 6.45) is 0. The zero-order valence-corrected chi connectivity index (χ0v) is 24.1. The Hall–Kier alpha value is -7.12. The van der Waals surface area contributed by atoms with Gasteiger partial charge in [-0.3, -0.25) is 0 Å². The third-order valence-electron chi connectivity index (χ3n) is 8.58. The van der Waals surface area contributed by atoms with E-state index in [-0.39, 0.29) is 0 Å². The molecule has 2 heterocycles. The molecule has 0 N–H and O–H groups in total. The van der Waals surface area contributed by atoms with Crippen molar-refractivity contribution in [2.45, 2.75) is 0 Å². The fraction of sp³-hybridized carbons (Fsp3) is 0. The van der Waals surface area contributed by atoms with E-state index in [2.05, 4.69) is 34.9 Å². The minimum atomic E-state index is 0.405. The molecular weight excluding hydrogens is 566 g/mol. The first-order valence-electron chi connectivity index (χ1n) is 14.5. The molecule has 0 aliphatic rings. The zero-order chi connectivity index (χ0) is 31.4. The van der Waals surface area contributed by atoms with E-state index in [0.717, 1.165) is 60.6 Å². The van der Waals surface area contributed by atoms with E-state index < -0.39 is 0 Å². The lowest BCUT2D eigenvalue weighted by atomic mass is 9.93. The maximum absolute atomic E-state index is 10.1. The van der Waals surface area contributed by atoms with E-state index in [9.17, 15) is 21.0 Å². The van der Waals surface area contributed by atoms with Gasteiger partial charge in [0.05, 0.1) is 57.6 Å². The van der Waals surface area contributed by atoms with Crippen molar-refractivity contribution in [2.75, 3.05) is 0 Å². The number of furan rings is 1. The van der Waals surface area contributed by atoms with Crippen molar-refractivity contribution in [3.8, 4) is 52.2 Å². The lowest BCUT2D eigenvalue weighted by Crippen LogP contribution is -1.98. The van der Waals surface area contributed by atoms with E-state index in [0.29, 0.717) is 33.4 Å². The van der Waals surface area contributed by atoms with Crippen molar-refractivity contribution in [1.82, 2.24) is 4.57 Å². The normalized spacial score (nSPS) is 11.0. The minimum Gasteiger partial charge on any atom is -0.456 e. The van der Waals surface area contributed by atoms with Gasteiger partial charge < -0.3 is 8.98 Å². The molecule has 0 spiro atoms. The van der Waals surface area contributed by atoms with Gasteiger partial charge in [-0.15, -0.1) is 0 Å². The Labute approximate surface area is 263 Å². The van der Waals surface area contributed by atoms with Crippen LogP contribution in [0.3, 0.4) is 0 Å². The van der Waals surface area contributed by atoms with Crippen molar-refractivity contribution in [3.05, 3.63) is 138 Å². The molecule has 0 saturated heterocycles. The van der Waals surface area contributed by atoms with Gasteiger partial charge in [-0.05, 0) is 60.2 Å². The van der Waals surface area contributed by atoms with Crippen molar-refractivity contribution < 1.29 is 4.42 Å². The van der Waals surface area contributed by atoms with Crippen molar-refractivity contribution in [1.29, 1.82) is 21.0 Å². The van der Waals surface area contributed by atoms with Crippen molar-refractivity contribution in [3.63, 3.8) is 0 Å². The van der Waals surface area contributed by atoms with Crippen LogP contribution in [-0.2, 0) is 0 Å². The summed E-state index contributed by atoms with van der Waals surface area (Å²) in [7, 11) is 0. The van der Waals surface area contributed by atoms with Crippen LogP contribution < -0.4 is 0 Å². The standard InChI is InChI=1S/C40H19N5O/c41-20-25-6-3-7-26(21-42)38(25)24-14-16-30-32-11-5-12-33(39-27(22-43)8-4-9-28(39)23-44)40(32)45(35(30)18-24)29-15-17-37-34(19-29)31-10-1-2-13-36(31)46-37/h1-19H. The molecule has 6 aromatic carbocycles. The first-order valence-corrected chi connectivity index (χ1v) is 14.5. The maximum atomic E-state index is 10.1. The van der Waals surface area contributed by atoms with Crippen LogP contribution in [0.25, 0.3) is 71.7 Å². The first-order chi connectivity index (χ1) is 22.6. The summed E-state index contributed by atoms with van der Waals surface area (Å²) in [6.45, 7) is 0. The highest BCUT2D eigenvalue weighted by Crippen LogP contribution is 2.42. The molecule has 0 fully saturated rings. The second-order valence-electron chi connectivity index (χ2n) is 11.0. The molecule has 0 aliphatic carbocycles. The van der Waals surface area contributed by atoms with Gasteiger partial charge in [0.15, 0.2) is 0 Å². The number of para-hydroxylation sites is 2. The second-order valence-corrected chi connectivity index (χ2v) is 11.0. The fourth-order valence-electron chi connectivity index (χ4n) is 6.62. The molecule has 0 bridgehead atoms. The highest BCUT2D eigenvalue weighted by atomic mass is 16.3. The van der Waals surface area contributed by atoms with Crippen LogP contribution in [0.4, 0.5) is 0 Å². The molecule has 0 radical (unpaired) electrons. The molecule has 8 rings (SSSR count). The Morgan fingerprint density at radius 2 is 1.09 bits per heavy atom. The molecule has 210 valence electrons. The molecule has 0 amide bonds. The number of aromatic nitrogens is 1. The minimum absolute atomic E-state index is 0.405. The Morgan fingerprint density at radius 1 is 0.478 bits per heavy atom. The lowest BCUT2D eigenvalue weighted by Gasteiger charge is -2.14. The summed E-state index contributed by atoms with van der Waals surface area (Å²) < 4.78 is 8.28.